The van der Waals surface area contributed by atoms with Crippen molar-refractivity contribution in [1.82, 2.24) is 101 Å². The van der Waals surface area contributed by atoms with Gasteiger partial charge in [0, 0.05) is 26.2 Å². The molecule has 0 aliphatic heterocycles. The van der Waals surface area contributed by atoms with Crippen LogP contribution in [0.4, 0.5) is 0 Å². The predicted molar refractivity (Wildman–Crippen MR) is 407 cm³/mol. The van der Waals surface area contributed by atoms with Gasteiger partial charge in [-0.05, 0) is 107 Å². The Morgan fingerprint density at radius 1 is 0.239 bits per heavy atom. The minimum Gasteiger partial charge on any atom is -0.481 e. The molecule has 0 rings (SSSR count). The number of guanidine groups is 4. The molecule has 0 aromatic heterocycles. The zero-order valence-electron chi connectivity index (χ0n) is 65.5. The summed E-state index contributed by atoms with van der Waals surface area (Å²) in [5.41, 5.74) is 32.4. The maximum absolute atomic E-state index is 13.9. The minimum absolute atomic E-state index is 0.00199. The smallest absolute Gasteiger partial charge is 0.305 e. The van der Waals surface area contributed by atoms with Crippen LogP contribution in [-0.4, -0.2) is 286 Å². The average Bonchev–Trinajstić information content (AvgIpc) is 0.869. The molecule has 0 aliphatic carbocycles. The fourth-order valence-corrected chi connectivity index (χ4v) is 9.73. The van der Waals surface area contributed by atoms with Gasteiger partial charge < -0.3 is 156 Å². The average molecular weight is 1670 g/mol. The van der Waals surface area contributed by atoms with Gasteiger partial charge in [0.25, 0.3) is 0 Å². The topological polar surface area (TPSA) is 902 Å². The number of nitrogens with one attached hydrogen (secondary N) is 23. The van der Waals surface area contributed by atoms with Crippen molar-refractivity contribution in [2.24, 2.45) is 34.4 Å². The predicted octanol–water partition coefficient (Wildman–Crippen LogP) is -13.8. The van der Waals surface area contributed by atoms with Gasteiger partial charge >= 0.3 is 23.9 Å². The first-order valence-electron chi connectivity index (χ1n) is 36.2. The molecule has 0 fully saturated rings. The second-order valence-electron chi connectivity index (χ2n) is 26.6. The van der Waals surface area contributed by atoms with E-state index in [1.807, 2.05) is 0 Å². The lowest BCUT2D eigenvalue weighted by molar-refractivity contribution is -0.142. The van der Waals surface area contributed by atoms with Gasteiger partial charge in [-0.1, -0.05) is 0 Å². The molecule has 0 saturated heterocycles. The zero-order valence-corrected chi connectivity index (χ0v) is 65.5. The van der Waals surface area contributed by atoms with Crippen LogP contribution in [0.15, 0.2) is 0 Å². The summed E-state index contributed by atoms with van der Waals surface area (Å²) in [5, 5.41) is 112. The van der Waals surface area contributed by atoms with Crippen LogP contribution in [0.25, 0.3) is 0 Å². The van der Waals surface area contributed by atoms with Gasteiger partial charge in [0.2, 0.25) is 94.5 Å². The van der Waals surface area contributed by atoms with Crippen LogP contribution in [0, 0.1) is 21.6 Å². The molecule has 53 nitrogen and oxygen atoms in total. The highest BCUT2D eigenvalue weighted by Crippen LogP contribution is 2.08. The molecule has 0 bridgehead atoms. The van der Waals surface area contributed by atoms with Crippen molar-refractivity contribution in [3.63, 3.8) is 0 Å². The first kappa shape index (κ1) is 103. The molecule has 0 radical (unpaired) electrons. The fraction of sp³-hybridized carbons (Fsp3) is 0.625. The molecule has 117 heavy (non-hydrogen) atoms. The number of aliphatic carboxylic acids is 4. The minimum atomic E-state index is -2.03. The van der Waals surface area contributed by atoms with Gasteiger partial charge in [0.05, 0.1) is 31.7 Å². The lowest BCUT2D eigenvalue weighted by Gasteiger charge is -2.26. The highest BCUT2D eigenvalue weighted by atomic mass is 16.4. The summed E-state index contributed by atoms with van der Waals surface area (Å²) >= 11 is 0. The van der Waals surface area contributed by atoms with E-state index in [0.717, 1.165) is 41.5 Å². The summed E-state index contributed by atoms with van der Waals surface area (Å²) in [4.78, 5) is 261. The van der Waals surface area contributed by atoms with Crippen molar-refractivity contribution in [2.45, 2.75) is 229 Å². The monoisotopic (exact) mass is 1670 g/mol. The normalized spacial score (nSPS) is 14.8. The molecule has 0 unspecified atom stereocenters. The van der Waals surface area contributed by atoms with Crippen molar-refractivity contribution in [3.05, 3.63) is 0 Å². The number of carbonyl (C=O) groups is 20. The Morgan fingerprint density at radius 3 is 0.581 bits per heavy atom. The highest BCUT2D eigenvalue weighted by molar-refractivity contribution is 6.02. The van der Waals surface area contributed by atoms with Crippen LogP contribution in [-0.2, 0) is 95.9 Å². The van der Waals surface area contributed by atoms with E-state index in [4.69, 9.17) is 56.0 Å². The lowest BCUT2D eigenvalue weighted by atomic mass is 10.1. The second-order valence-corrected chi connectivity index (χ2v) is 26.6. The number of carbonyl (C=O) groups excluding carboxylic acids is 16. The molecule has 0 aliphatic rings. The van der Waals surface area contributed by atoms with Crippen molar-refractivity contribution >= 4 is 142 Å². The van der Waals surface area contributed by atoms with E-state index in [1.54, 1.807) is 0 Å². The number of hydrogen-bond acceptors (Lipinski definition) is 25. The highest BCUT2D eigenvalue weighted by Gasteiger charge is 2.37. The Hall–Kier alpha value is -13.6. The molecule has 53 heteroatoms. The largest absolute Gasteiger partial charge is 0.481 e. The van der Waals surface area contributed by atoms with Crippen molar-refractivity contribution in [2.75, 3.05) is 26.2 Å². The maximum atomic E-state index is 13.9. The second kappa shape index (κ2) is 52.7. The first-order valence-corrected chi connectivity index (χ1v) is 36.2. The molecule has 39 N–H and O–H groups in total. The Kier molecular flexibility index (Phi) is 46.6. The van der Waals surface area contributed by atoms with Crippen LogP contribution < -0.4 is 135 Å². The summed E-state index contributed by atoms with van der Waals surface area (Å²) in [7, 11) is 0. The van der Waals surface area contributed by atoms with E-state index < -0.39 is 259 Å². The van der Waals surface area contributed by atoms with Gasteiger partial charge in [-0.15, -0.1) is 0 Å². The van der Waals surface area contributed by atoms with E-state index in [-0.39, 0.29) is 77.1 Å². The summed E-state index contributed by atoms with van der Waals surface area (Å²) in [5.74, 6) is -26.3. The molecule has 0 aromatic rings. The molecule has 0 saturated carbocycles. The Labute approximate surface area is 668 Å². The Morgan fingerprint density at radius 2 is 0.402 bits per heavy atom. The number of amides is 16. The van der Waals surface area contributed by atoms with Crippen LogP contribution in [0.2, 0.25) is 0 Å². The van der Waals surface area contributed by atoms with Crippen molar-refractivity contribution in [3.8, 4) is 0 Å². The summed E-state index contributed by atoms with van der Waals surface area (Å²) in [6, 6.07) is -26.2. The third-order valence-electron chi connectivity index (χ3n) is 16.3. The van der Waals surface area contributed by atoms with E-state index in [0.29, 0.717) is 6.42 Å². The summed E-state index contributed by atoms with van der Waals surface area (Å²) in [6.45, 7) is 8.91. The van der Waals surface area contributed by atoms with E-state index in [2.05, 4.69) is 101 Å². The van der Waals surface area contributed by atoms with Crippen LogP contribution in [0.5, 0.6) is 0 Å². The van der Waals surface area contributed by atoms with E-state index in [1.165, 1.54) is 13.8 Å². The quantitative estimate of drug-likeness (QED) is 0.0153. The Bertz CT molecular complexity index is 3630. The van der Waals surface area contributed by atoms with Crippen molar-refractivity contribution in [1.29, 1.82) is 21.6 Å². The van der Waals surface area contributed by atoms with Crippen LogP contribution in [0.3, 0.4) is 0 Å². The van der Waals surface area contributed by atoms with Gasteiger partial charge in [-0.2, -0.15) is 0 Å². The third-order valence-corrected chi connectivity index (χ3v) is 16.3. The standard InChI is InChI=1S/C64H111N29O24/c1-25(45(66)102)79-57(114)37(21-41(94)95)90-50(107)30(6)81-54(111)34(14-10-18-76-62(69)70)87-47(104)28(4)85-59(116)39(23-43(98)99)92-52(109)32(8)83-56(113)36(16-12-20-78-64(73)74)89-48(105)29(5)86-60(117)40(24-44(100)101)93-51(108)31(7)82-55(112)35(15-11-19-77-63(71)72)88-46(103)27(3)84-58(115)38(22-42(96)97)91-49(106)26(2)80-53(110)33(65)13-9-17-75-61(67)68/h25-40H,9-24,65H2,1-8H3,(H2,66,102)(H,79,114)(H,80,110)(H,81,111)(H,82,112)(H,83,113)(H,84,115)(H,85,116)(H,86,117)(H,87,104)(H,88,103)(H,89,105)(H,90,107)(H,91,106)(H,92,109)(H,93,108)(H,94,95)(H,96,97)(H,98,99)(H,100,101)(H4,67,68,75)(H4,69,70,76)(H4,71,72,77)(H4,73,74,78)/t25-,26-,27-,28-,29-,30-,31-,32-,33-,34-,35-,36-,37-,38-,39-,40-/m0/s1. The number of hydrogen-bond donors (Lipinski definition) is 33. The van der Waals surface area contributed by atoms with Crippen LogP contribution >= 0.6 is 0 Å². The van der Waals surface area contributed by atoms with E-state index in [9.17, 15) is 116 Å². The molecule has 0 spiro atoms. The number of rotatable bonds is 55. The van der Waals surface area contributed by atoms with Gasteiger partial charge in [-0.25, -0.2) is 0 Å². The third kappa shape index (κ3) is 43.3. The Balaban J connectivity index is 6.51. The number of carboxylic acids is 4. The van der Waals surface area contributed by atoms with Crippen LogP contribution in [0.1, 0.15) is 132 Å². The first-order chi connectivity index (χ1) is 54.4. The molecule has 656 valence electrons. The molecular weight excluding hydrogens is 1560 g/mol. The van der Waals surface area contributed by atoms with Crippen molar-refractivity contribution < 1.29 is 116 Å². The van der Waals surface area contributed by atoms with E-state index >= 15 is 0 Å². The van der Waals surface area contributed by atoms with Gasteiger partial charge in [0.1, 0.15) is 90.6 Å². The zero-order chi connectivity index (χ0) is 89.8. The molecule has 16 atom stereocenters. The number of primary amides is 1. The van der Waals surface area contributed by atoms with Gasteiger partial charge in [0.15, 0.2) is 23.8 Å². The van der Waals surface area contributed by atoms with Gasteiger partial charge in [-0.3, -0.25) is 118 Å². The lowest BCUT2D eigenvalue weighted by Crippen LogP contribution is -2.60. The molecule has 16 amide bonds. The molecular formula is C64H111N29O24. The molecule has 0 aromatic carbocycles. The fourth-order valence-electron chi connectivity index (χ4n) is 9.73. The number of nitrogens with two attached hydrogens (primary N) is 6. The maximum Gasteiger partial charge on any atom is 0.305 e. The summed E-state index contributed by atoms with van der Waals surface area (Å²) in [6.07, 6.45) is -4.86. The summed E-state index contributed by atoms with van der Waals surface area (Å²) < 4.78 is 0. The SMILES string of the molecule is C[C@H](NC(=O)[C@H](CC(=O)O)NC(=O)[C@H](C)NC(=O)[C@H](CCCNC(=N)N)NC(=O)[C@H](C)NC(=O)[C@H](CC(=O)O)NC(=O)[C@H](C)NC(=O)[C@H](CCCNC(=N)N)NC(=O)[C@H](C)NC(=O)[C@H](CC(=O)O)NC(=O)[C@H](C)NC(=O)[C@H](CCCNC(=N)N)NC(=O)[C@H](C)NC(=O)[C@H](CC(=O)O)NC(=O)[C@H](C)NC(=O)[C@@H](N)CCCNC(=N)N)C(N)=O. The number of carboxylic acid groups (broad SMARTS) is 4. The molecule has 0 heterocycles.